The number of nitrogens with zero attached hydrogens (tertiary/aromatic N) is 3. The summed E-state index contributed by atoms with van der Waals surface area (Å²) in [6, 6.07) is 2.14. The Morgan fingerprint density at radius 2 is 2.27 bits per heavy atom. The molecule has 5 nitrogen and oxygen atoms in total. The van der Waals surface area contributed by atoms with E-state index in [4.69, 9.17) is 9.26 Å². The Morgan fingerprint density at radius 1 is 1.41 bits per heavy atom. The fourth-order valence-electron chi connectivity index (χ4n) is 2.80. The summed E-state index contributed by atoms with van der Waals surface area (Å²) >= 11 is 1.71. The van der Waals surface area contributed by atoms with Gasteiger partial charge in [-0.05, 0) is 35.2 Å². The average Bonchev–Trinajstić information content (AvgIpc) is 3.09. The first-order chi connectivity index (χ1) is 10.6. The van der Waals surface area contributed by atoms with Gasteiger partial charge in [-0.1, -0.05) is 19.0 Å². The van der Waals surface area contributed by atoms with Crippen molar-refractivity contribution in [2.75, 3.05) is 13.1 Å². The molecule has 3 heterocycles. The third kappa shape index (κ3) is 3.94. The first-order valence-corrected chi connectivity index (χ1v) is 8.76. The van der Waals surface area contributed by atoms with E-state index < -0.39 is 0 Å². The summed E-state index contributed by atoms with van der Waals surface area (Å²) in [6.07, 6.45) is 1.20. The van der Waals surface area contributed by atoms with Crippen LogP contribution in [0.25, 0.3) is 0 Å². The average molecular weight is 321 g/mol. The minimum atomic E-state index is 0.132. The zero-order valence-electron chi connectivity index (χ0n) is 13.4. The molecule has 0 aromatic carbocycles. The highest BCUT2D eigenvalue weighted by molar-refractivity contribution is 7.07. The largest absolute Gasteiger partial charge is 0.368 e. The van der Waals surface area contributed by atoms with Crippen molar-refractivity contribution in [2.45, 2.75) is 45.9 Å². The molecule has 22 heavy (non-hydrogen) atoms. The topological polar surface area (TPSA) is 51.4 Å². The highest BCUT2D eigenvalue weighted by Crippen LogP contribution is 2.27. The predicted octanol–water partition coefficient (Wildman–Crippen LogP) is 3.29. The molecule has 0 bridgehead atoms. The SMILES string of the molecule is CC(C)Cc1noc(CN2C[C@@H](c3ccsc3)O[C@@H](C)C2)n1. The summed E-state index contributed by atoms with van der Waals surface area (Å²) in [4.78, 5) is 6.84. The van der Waals surface area contributed by atoms with Crippen LogP contribution in [0.4, 0.5) is 0 Å². The Morgan fingerprint density at radius 3 is 3.00 bits per heavy atom. The molecule has 1 aliphatic rings. The lowest BCUT2D eigenvalue weighted by atomic mass is 10.1. The van der Waals surface area contributed by atoms with Crippen LogP contribution in [-0.2, 0) is 17.7 Å². The molecule has 0 saturated carbocycles. The lowest BCUT2D eigenvalue weighted by molar-refractivity contribution is -0.0831. The van der Waals surface area contributed by atoms with Crippen molar-refractivity contribution in [1.29, 1.82) is 0 Å². The van der Waals surface area contributed by atoms with Gasteiger partial charge in [-0.15, -0.1) is 0 Å². The van der Waals surface area contributed by atoms with Crippen LogP contribution in [0.15, 0.2) is 21.3 Å². The molecule has 6 heteroatoms. The monoisotopic (exact) mass is 321 g/mol. The molecule has 0 N–H and O–H groups in total. The second-order valence-electron chi connectivity index (χ2n) is 6.39. The fraction of sp³-hybridized carbons (Fsp3) is 0.625. The lowest BCUT2D eigenvalue weighted by Crippen LogP contribution is -2.42. The second-order valence-corrected chi connectivity index (χ2v) is 7.17. The Labute approximate surface area is 135 Å². The summed E-state index contributed by atoms with van der Waals surface area (Å²) < 4.78 is 11.4. The van der Waals surface area contributed by atoms with Crippen molar-refractivity contribution in [3.63, 3.8) is 0 Å². The van der Waals surface area contributed by atoms with Crippen LogP contribution < -0.4 is 0 Å². The Hall–Kier alpha value is -1.24. The Kier molecular flexibility index (Phi) is 4.90. The summed E-state index contributed by atoms with van der Waals surface area (Å²) in [6.45, 7) is 8.88. The van der Waals surface area contributed by atoms with E-state index in [1.807, 2.05) is 0 Å². The Balaban J connectivity index is 1.63. The van der Waals surface area contributed by atoms with E-state index in [2.05, 4.69) is 52.6 Å². The van der Waals surface area contributed by atoms with E-state index in [0.29, 0.717) is 18.4 Å². The van der Waals surface area contributed by atoms with Gasteiger partial charge in [0.05, 0.1) is 18.8 Å². The first-order valence-electron chi connectivity index (χ1n) is 7.81. The molecule has 2 aromatic rings. The van der Waals surface area contributed by atoms with Gasteiger partial charge in [-0.2, -0.15) is 16.3 Å². The molecule has 2 atom stereocenters. The third-order valence-electron chi connectivity index (χ3n) is 3.71. The maximum Gasteiger partial charge on any atom is 0.240 e. The van der Waals surface area contributed by atoms with E-state index in [9.17, 15) is 0 Å². The number of thiophene rings is 1. The molecule has 2 aromatic heterocycles. The number of aromatic nitrogens is 2. The van der Waals surface area contributed by atoms with Crippen molar-refractivity contribution in [1.82, 2.24) is 15.0 Å². The summed E-state index contributed by atoms with van der Waals surface area (Å²) in [5, 5.41) is 8.32. The zero-order valence-corrected chi connectivity index (χ0v) is 14.2. The highest BCUT2D eigenvalue weighted by atomic mass is 32.1. The van der Waals surface area contributed by atoms with Crippen LogP contribution in [0, 0.1) is 5.92 Å². The molecule has 1 saturated heterocycles. The van der Waals surface area contributed by atoms with E-state index in [-0.39, 0.29) is 12.2 Å². The van der Waals surface area contributed by atoms with Crippen molar-refractivity contribution in [3.8, 4) is 0 Å². The maximum atomic E-state index is 6.05. The van der Waals surface area contributed by atoms with Crippen LogP contribution in [0.1, 0.15) is 44.2 Å². The van der Waals surface area contributed by atoms with Gasteiger partial charge in [-0.3, -0.25) is 4.90 Å². The van der Waals surface area contributed by atoms with Crippen molar-refractivity contribution in [2.24, 2.45) is 5.92 Å². The molecule has 0 spiro atoms. The number of hydrogen-bond acceptors (Lipinski definition) is 6. The Bertz CT molecular complexity index is 582. The van der Waals surface area contributed by atoms with Gasteiger partial charge < -0.3 is 9.26 Å². The summed E-state index contributed by atoms with van der Waals surface area (Å²) in [5.41, 5.74) is 1.26. The fourth-order valence-corrected chi connectivity index (χ4v) is 3.51. The highest BCUT2D eigenvalue weighted by Gasteiger charge is 2.27. The molecule has 0 radical (unpaired) electrons. The van der Waals surface area contributed by atoms with Gasteiger partial charge >= 0.3 is 0 Å². The molecule has 1 fully saturated rings. The number of ether oxygens (including phenoxy) is 1. The van der Waals surface area contributed by atoms with Gasteiger partial charge in [0.2, 0.25) is 5.89 Å². The van der Waals surface area contributed by atoms with Gasteiger partial charge in [0.15, 0.2) is 5.82 Å². The van der Waals surface area contributed by atoms with Crippen LogP contribution in [0.2, 0.25) is 0 Å². The minimum Gasteiger partial charge on any atom is -0.368 e. The first kappa shape index (κ1) is 15.6. The molecule has 3 rings (SSSR count). The number of rotatable bonds is 5. The molecule has 120 valence electrons. The zero-order chi connectivity index (χ0) is 15.5. The van der Waals surface area contributed by atoms with Crippen molar-refractivity contribution < 1.29 is 9.26 Å². The van der Waals surface area contributed by atoms with E-state index >= 15 is 0 Å². The molecular weight excluding hydrogens is 298 g/mol. The lowest BCUT2D eigenvalue weighted by Gasteiger charge is -2.35. The minimum absolute atomic E-state index is 0.132. The molecule has 0 amide bonds. The standard InChI is InChI=1S/C16H23N3O2S/c1-11(2)6-15-17-16(21-18-15)9-19-7-12(3)20-14(8-19)13-4-5-22-10-13/h4-5,10-12,14H,6-9H2,1-3H3/t12-,14-/m0/s1. The van der Waals surface area contributed by atoms with Gasteiger partial charge in [0.1, 0.15) is 0 Å². The summed E-state index contributed by atoms with van der Waals surface area (Å²) in [5.74, 6) is 2.05. The quantitative estimate of drug-likeness (QED) is 0.846. The predicted molar refractivity (Wildman–Crippen MR) is 85.7 cm³/mol. The smallest absolute Gasteiger partial charge is 0.240 e. The molecule has 0 unspecified atom stereocenters. The van der Waals surface area contributed by atoms with Gasteiger partial charge in [-0.25, -0.2) is 0 Å². The van der Waals surface area contributed by atoms with Gasteiger partial charge in [0, 0.05) is 19.5 Å². The van der Waals surface area contributed by atoms with Gasteiger partial charge in [0.25, 0.3) is 0 Å². The van der Waals surface area contributed by atoms with Crippen LogP contribution in [-0.4, -0.2) is 34.2 Å². The molecule has 1 aliphatic heterocycles. The van der Waals surface area contributed by atoms with Crippen LogP contribution in [0.3, 0.4) is 0 Å². The second kappa shape index (κ2) is 6.89. The van der Waals surface area contributed by atoms with E-state index in [0.717, 1.165) is 25.3 Å². The van der Waals surface area contributed by atoms with E-state index in [1.54, 1.807) is 11.3 Å². The molecular formula is C16H23N3O2S. The van der Waals surface area contributed by atoms with Crippen LogP contribution in [0.5, 0.6) is 0 Å². The van der Waals surface area contributed by atoms with Crippen LogP contribution >= 0.6 is 11.3 Å². The number of hydrogen-bond donors (Lipinski definition) is 0. The summed E-state index contributed by atoms with van der Waals surface area (Å²) in [7, 11) is 0. The van der Waals surface area contributed by atoms with Crippen molar-refractivity contribution in [3.05, 3.63) is 34.1 Å². The third-order valence-corrected chi connectivity index (χ3v) is 4.41. The van der Waals surface area contributed by atoms with E-state index in [1.165, 1.54) is 5.56 Å². The number of morpholine rings is 1. The molecule has 0 aliphatic carbocycles. The maximum absolute atomic E-state index is 6.05. The normalized spacial score (nSPS) is 23.3. The van der Waals surface area contributed by atoms with Crippen molar-refractivity contribution >= 4 is 11.3 Å².